The molecular weight excluding hydrogens is 372 g/mol. The summed E-state index contributed by atoms with van der Waals surface area (Å²) >= 11 is -3.29. The zero-order valence-corrected chi connectivity index (χ0v) is 13.1. The van der Waals surface area contributed by atoms with Gasteiger partial charge in [-0.3, -0.25) is 0 Å². The van der Waals surface area contributed by atoms with Crippen molar-refractivity contribution in [3.05, 3.63) is 0 Å². The average molecular weight is 372 g/mol. The molecule has 0 spiro atoms. The van der Waals surface area contributed by atoms with Crippen LogP contribution in [0.1, 0.15) is 0 Å². The van der Waals surface area contributed by atoms with Crippen LogP contribution in [0.15, 0.2) is 0 Å². The summed E-state index contributed by atoms with van der Waals surface area (Å²) in [5, 5.41) is 0. The maximum atomic E-state index is 5.04. The zero-order valence-electron chi connectivity index (χ0n) is 3.47. The summed E-state index contributed by atoms with van der Waals surface area (Å²) in [6, 6.07) is 0. The number of halogens is 6. The van der Waals surface area contributed by atoms with Crippen LogP contribution < -0.4 is 24.8 Å². The maximum absolute atomic E-state index is 5.04. The molecule has 0 unspecified atom stereocenters. The molecule has 8 heavy (non-hydrogen) atoms. The molecule has 0 aromatic carbocycles. The van der Waals surface area contributed by atoms with Gasteiger partial charge in [0, 0.05) is 0 Å². The Balaban J connectivity index is -0.0000000267. The molecule has 0 N–H and O–H groups in total. The van der Waals surface area contributed by atoms with Crippen molar-refractivity contribution in [3.63, 3.8) is 0 Å². The van der Waals surface area contributed by atoms with Crippen LogP contribution in [0, 0.1) is 0 Å². The van der Waals surface area contributed by atoms with Gasteiger partial charge in [0.05, 0.1) is 0 Å². The van der Waals surface area contributed by atoms with Crippen molar-refractivity contribution in [1.29, 1.82) is 0 Å². The predicted octanol–water partition coefficient (Wildman–Crippen LogP) is -4.00. The summed E-state index contributed by atoms with van der Waals surface area (Å²) in [6.07, 6.45) is 0. The minimum atomic E-state index is -3.29. The molecule has 8 heteroatoms. The third-order valence-corrected chi connectivity index (χ3v) is 0. The molecule has 0 bridgehead atoms. The molecule has 0 saturated heterocycles. The molecule has 0 aliphatic carbocycles. The van der Waals surface area contributed by atoms with Crippen LogP contribution in [-0.2, 0) is 0 Å². The molecule has 0 radical (unpaired) electrons. The normalized spacial score (nSPS) is 7.50. The Hall–Kier alpha value is 3.80. The minimum absolute atomic E-state index is 0. The molecule has 0 rings (SSSR count). The van der Waals surface area contributed by atoms with E-state index in [4.69, 9.17) is 35.7 Å². The van der Waals surface area contributed by atoms with Crippen molar-refractivity contribution < 1.29 is 24.8 Å². The molecular formula is CaCl6Sn. The fraction of sp³-hybridized carbons (Fsp3) is 0. The summed E-state index contributed by atoms with van der Waals surface area (Å²) in [7, 11) is 20.1. The topological polar surface area (TPSA) is 0 Å². The zero-order chi connectivity index (χ0) is 4.50. The van der Waals surface area contributed by atoms with Crippen LogP contribution in [0.4, 0.5) is 0 Å². The van der Waals surface area contributed by atoms with Crippen LogP contribution in [0.2, 0.25) is 0 Å². The van der Waals surface area contributed by atoms with Gasteiger partial charge in [-0.1, -0.05) is 0 Å². The van der Waals surface area contributed by atoms with Crippen molar-refractivity contribution in [2.24, 2.45) is 0 Å². The molecule has 48 valence electrons. The van der Waals surface area contributed by atoms with E-state index in [1.165, 1.54) is 0 Å². The van der Waals surface area contributed by atoms with Crippen molar-refractivity contribution >= 4 is 87.3 Å². The first-order valence-corrected chi connectivity index (χ1v) is 15.2. The van der Waals surface area contributed by atoms with Gasteiger partial charge < -0.3 is 24.8 Å². The summed E-state index contributed by atoms with van der Waals surface area (Å²) in [6.45, 7) is 0. The molecule has 0 fully saturated rings. The van der Waals surface area contributed by atoms with Gasteiger partial charge in [-0.05, 0) is 0 Å². The van der Waals surface area contributed by atoms with E-state index >= 15 is 0 Å². The fourth-order valence-corrected chi connectivity index (χ4v) is 0. The number of hydrogen-bond donors (Lipinski definition) is 0. The van der Waals surface area contributed by atoms with Crippen LogP contribution in [0.5, 0.6) is 0 Å². The third kappa shape index (κ3) is 52.6. The molecule has 0 saturated carbocycles. The van der Waals surface area contributed by atoms with Gasteiger partial charge in [0.15, 0.2) is 0 Å². The van der Waals surface area contributed by atoms with E-state index in [1.807, 2.05) is 0 Å². The van der Waals surface area contributed by atoms with Gasteiger partial charge in [-0.15, -0.1) is 0 Å². The van der Waals surface area contributed by atoms with E-state index in [1.54, 1.807) is 0 Å². The summed E-state index contributed by atoms with van der Waals surface area (Å²) in [4.78, 5) is 0. The van der Waals surface area contributed by atoms with Gasteiger partial charge >= 0.3 is 87.3 Å². The second-order valence-electron chi connectivity index (χ2n) is 0.429. The molecule has 0 amide bonds. The Labute approximate surface area is 110 Å². The second kappa shape index (κ2) is 10.8. The van der Waals surface area contributed by atoms with Gasteiger partial charge in [0.2, 0.25) is 0 Å². The molecule has 0 nitrogen and oxygen atoms in total. The molecule has 0 atom stereocenters. The summed E-state index contributed by atoms with van der Waals surface area (Å²) in [5.41, 5.74) is 0. The standard InChI is InChI=1S/Ca.6ClH.Sn/h;6*1H;/q+2;;;;;;;+4/p-6. The van der Waals surface area contributed by atoms with Gasteiger partial charge in [-0.2, -0.15) is 0 Å². The first-order chi connectivity index (χ1) is 2.00. The second-order valence-corrected chi connectivity index (χ2v) is 25.9. The van der Waals surface area contributed by atoms with E-state index in [2.05, 4.69) is 0 Å². The number of hydrogen-bond acceptors (Lipinski definition) is 0. The van der Waals surface area contributed by atoms with Crippen molar-refractivity contribution in [3.8, 4) is 0 Å². The number of rotatable bonds is 0. The first kappa shape index (κ1) is 22.6. The van der Waals surface area contributed by atoms with Gasteiger partial charge in [0.25, 0.3) is 0 Å². The van der Waals surface area contributed by atoms with Crippen molar-refractivity contribution in [2.75, 3.05) is 0 Å². The van der Waals surface area contributed by atoms with Crippen LogP contribution >= 0.6 is 35.7 Å². The predicted molar refractivity (Wildman–Crippen MR) is 34.9 cm³/mol. The van der Waals surface area contributed by atoms with Crippen LogP contribution in [-0.4, -0.2) is 51.6 Å². The molecule has 0 aliphatic heterocycles. The Morgan fingerprint density at radius 2 is 0.750 bits per heavy atom. The first-order valence-electron chi connectivity index (χ1n) is 0.756. The summed E-state index contributed by atoms with van der Waals surface area (Å²) in [5.74, 6) is 0. The van der Waals surface area contributed by atoms with E-state index in [0.29, 0.717) is 0 Å². The van der Waals surface area contributed by atoms with Gasteiger partial charge in [-0.25, -0.2) is 0 Å². The van der Waals surface area contributed by atoms with E-state index in [0.717, 1.165) is 0 Å². The van der Waals surface area contributed by atoms with Crippen LogP contribution in [0.3, 0.4) is 0 Å². The molecule has 0 aromatic rings. The summed E-state index contributed by atoms with van der Waals surface area (Å²) < 4.78 is 0. The Morgan fingerprint density at radius 1 is 0.750 bits per heavy atom. The SMILES string of the molecule is [Ca+2].[Cl-].[Cl-].[Cl][Sn]([Cl])([Cl])[Cl]. The van der Waals surface area contributed by atoms with E-state index < -0.39 is 13.9 Å². The molecule has 0 heterocycles. The quantitative estimate of drug-likeness (QED) is 0.381. The van der Waals surface area contributed by atoms with E-state index in [-0.39, 0.29) is 62.6 Å². The Morgan fingerprint density at radius 3 is 0.750 bits per heavy atom. The van der Waals surface area contributed by atoms with E-state index in [9.17, 15) is 0 Å². The third-order valence-electron chi connectivity index (χ3n) is 0. The average Bonchev–Trinajstić information content (AvgIpc) is 0.722. The van der Waals surface area contributed by atoms with Crippen molar-refractivity contribution in [1.82, 2.24) is 0 Å². The Kier molecular flexibility index (Phi) is 30.5. The van der Waals surface area contributed by atoms with Crippen molar-refractivity contribution in [2.45, 2.75) is 0 Å². The molecule has 0 aromatic heterocycles. The fourth-order valence-electron chi connectivity index (χ4n) is 0. The Bertz CT molecular complexity index is 24.0. The van der Waals surface area contributed by atoms with Gasteiger partial charge in [0.1, 0.15) is 0 Å². The monoisotopic (exact) mass is 370 g/mol. The van der Waals surface area contributed by atoms with Crippen LogP contribution in [0.25, 0.3) is 0 Å². The molecule has 0 aliphatic rings.